The maximum atomic E-state index is 12.5. The molecular formula is C14H15ClN4O2S. The van der Waals surface area contributed by atoms with Gasteiger partial charge in [0.2, 0.25) is 0 Å². The normalized spacial score (nSPS) is 18.3. The number of likely N-dealkylation sites (tertiary alicyclic amines) is 1. The molecule has 116 valence electrons. The molecule has 3 heterocycles. The Morgan fingerprint density at radius 2 is 2.41 bits per heavy atom. The Labute approximate surface area is 137 Å². The number of hydrogen-bond donors (Lipinski definition) is 0. The monoisotopic (exact) mass is 338 g/mol. The van der Waals surface area contributed by atoms with Crippen LogP contribution in [0.25, 0.3) is 0 Å². The van der Waals surface area contributed by atoms with Crippen molar-refractivity contribution in [2.45, 2.75) is 25.9 Å². The summed E-state index contributed by atoms with van der Waals surface area (Å²) in [5.41, 5.74) is 0.676. The van der Waals surface area contributed by atoms with E-state index in [2.05, 4.69) is 14.6 Å². The van der Waals surface area contributed by atoms with E-state index in [1.807, 2.05) is 0 Å². The van der Waals surface area contributed by atoms with Crippen molar-refractivity contribution < 1.29 is 9.53 Å². The Hall–Kier alpha value is -1.73. The molecule has 22 heavy (non-hydrogen) atoms. The number of amides is 1. The van der Waals surface area contributed by atoms with Crippen LogP contribution in [0.3, 0.4) is 0 Å². The standard InChI is InChI=1S/C14H15ClN4O2S/c1-9-13(22-18-17-9)14(20)19-6-2-3-10(8-19)21-12-4-5-16-7-11(12)15/h4-5,7,10H,2-3,6,8H2,1H3/t10-/m1/s1. The number of aromatic nitrogens is 3. The number of carbonyl (C=O) groups is 1. The summed E-state index contributed by atoms with van der Waals surface area (Å²) >= 11 is 7.20. The van der Waals surface area contributed by atoms with E-state index in [0.717, 1.165) is 30.9 Å². The molecule has 2 aromatic heterocycles. The summed E-state index contributed by atoms with van der Waals surface area (Å²) in [6.45, 7) is 3.06. The van der Waals surface area contributed by atoms with Gasteiger partial charge in [-0.25, -0.2) is 0 Å². The number of piperidine rings is 1. The zero-order valence-corrected chi connectivity index (χ0v) is 13.6. The summed E-state index contributed by atoms with van der Waals surface area (Å²) in [6, 6.07) is 1.74. The smallest absolute Gasteiger partial charge is 0.267 e. The van der Waals surface area contributed by atoms with Crippen LogP contribution in [0.1, 0.15) is 28.2 Å². The van der Waals surface area contributed by atoms with Gasteiger partial charge in [-0.15, -0.1) is 5.10 Å². The predicted molar refractivity (Wildman–Crippen MR) is 83.4 cm³/mol. The third-order valence-corrected chi connectivity index (χ3v) is 4.64. The van der Waals surface area contributed by atoms with Crippen molar-refractivity contribution in [3.8, 4) is 5.75 Å². The van der Waals surface area contributed by atoms with Crippen LogP contribution in [0, 0.1) is 6.92 Å². The van der Waals surface area contributed by atoms with Gasteiger partial charge in [-0.2, -0.15) is 0 Å². The van der Waals surface area contributed by atoms with Crippen LogP contribution >= 0.6 is 23.1 Å². The lowest BCUT2D eigenvalue weighted by Crippen LogP contribution is -2.44. The molecule has 0 aromatic carbocycles. The third kappa shape index (κ3) is 3.20. The van der Waals surface area contributed by atoms with Gasteiger partial charge in [0.05, 0.1) is 12.2 Å². The summed E-state index contributed by atoms with van der Waals surface area (Å²) in [5.74, 6) is 0.577. The molecule has 3 rings (SSSR count). The van der Waals surface area contributed by atoms with Crippen molar-refractivity contribution in [2.24, 2.45) is 0 Å². The van der Waals surface area contributed by atoms with Crippen LogP contribution in [0.15, 0.2) is 18.5 Å². The Bertz CT molecular complexity index is 678. The average Bonchev–Trinajstić information content (AvgIpc) is 2.95. The quantitative estimate of drug-likeness (QED) is 0.860. The second-order valence-corrected chi connectivity index (χ2v) is 6.29. The Kier molecular flexibility index (Phi) is 4.54. The third-order valence-electron chi connectivity index (χ3n) is 3.54. The molecule has 1 saturated heterocycles. The minimum absolute atomic E-state index is 0.0263. The predicted octanol–water partition coefficient (Wildman–Crippen LogP) is 2.58. The molecule has 0 spiro atoms. The number of ether oxygens (including phenoxy) is 1. The molecule has 0 saturated carbocycles. The van der Waals surface area contributed by atoms with E-state index >= 15 is 0 Å². The van der Waals surface area contributed by atoms with Crippen molar-refractivity contribution in [1.29, 1.82) is 0 Å². The number of rotatable bonds is 3. The fourth-order valence-corrected chi connectivity index (χ4v) is 3.22. The second kappa shape index (κ2) is 6.58. The average molecular weight is 339 g/mol. The first kappa shape index (κ1) is 15.2. The van der Waals surface area contributed by atoms with Gasteiger partial charge in [-0.3, -0.25) is 9.78 Å². The maximum Gasteiger partial charge on any atom is 0.267 e. The van der Waals surface area contributed by atoms with Gasteiger partial charge in [0, 0.05) is 25.0 Å². The molecule has 0 aliphatic carbocycles. The van der Waals surface area contributed by atoms with Gasteiger partial charge < -0.3 is 9.64 Å². The first-order chi connectivity index (χ1) is 10.6. The lowest BCUT2D eigenvalue weighted by Gasteiger charge is -2.32. The van der Waals surface area contributed by atoms with Gasteiger partial charge in [0.1, 0.15) is 21.8 Å². The topological polar surface area (TPSA) is 68.2 Å². The minimum Gasteiger partial charge on any atom is -0.487 e. The lowest BCUT2D eigenvalue weighted by molar-refractivity contribution is 0.0541. The van der Waals surface area contributed by atoms with E-state index < -0.39 is 0 Å². The summed E-state index contributed by atoms with van der Waals surface area (Å²) in [6.07, 6.45) is 4.90. The van der Waals surface area contributed by atoms with Crippen molar-refractivity contribution in [3.63, 3.8) is 0 Å². The highest BCUT2D eigenvalue weighted by Crippen LogP contribution is 2.26. The maximum absolute atomic E-state index is 12.5. The van der Waals surface area contributed by atoms with E-state index in [0.29, 0.717) is 27.9 Å². The Morgan fingerprint density at radius 1 is 1.55 bits per heavy atom. The fourth-order valence-electron chi connectivity index (χ4n) is 2.43. The summed E-state index contributed by atoms with van der Waals surface area (Å²) in [7, 11) is 0. The molecular weight excluding hydrogens is 324 g/mol. The van der Waals surface area contributed by atoms with Crippen molar-refractivity contribution >= 4 is 29.0 Å². The molecule has 0 radical (unpaired) electrons. The van der Waals surface area contributed by atoms with E-state index in [4.69, 9.17) is 16.3 Å². The molecule has 6 nitrogen and oxygen atoms in total. The van der Waals surface area contributed by atoms with Gasteiger partial charge in [0.15, 0.2) is 0 Å². The molecule has 1 fully saturated rings. The molecule has 0 unspecified atom stereocenters. The highest BCUT2D eigenvalue weighted by molar-refractivity contribution is 7.07. The number of halogens is 1. The number of carbonyl (C=O) groups excluding carboxylic acids is 1. The molecule has 0 bridgehead atoms. The molecule has 8 heteroatoms. The molecule has 1 amide bonds. The second-order valence-electron chi connectivity index (χ2n) is 5.13. The van der Waals surface area contributed by atoms with Crippen LogP contribution in [-0.2, 0) is 0 Å². The molecule has 1 atom stereocenters. The first-order valence-electron chi connectivity index (χ1n) is 6.99. The van der Waals surface area contributed by atoms with Crippen LogP contribution in [0.2, 0.25) is 5.02 Å². The molecule has 0 N–H and O–H groups in total. The van der Waals surface area contributed by atoms with E-state index in [-0.39, 0.29) is 12.0 Å². The van der Waals surface area contributed by atoms with E-state index in [1.165, 1.54) is 0 Å². The number of hydrogen-bond acceptors (Lipinski definition) is 6. The van der Waals surface area contributed by atoms with Crippen LogP contribution in [-0.4, -0.2) is 44.6 Å². The molecule has 2 aromatic rings. The van der Waals surface area contributed by atoms with Gasteiger partial charge in [-0.05, 0) is 31.3 Å². The lowest BCUT2D eigenvalue weighted by atomic mass is 10.1. The van der Waals surface area contributed by atoms with Gasteiger partial charge in [-0.1, -0.05) is 16.1 Å². The molecule has 1 aliphatic rings. The number of nitrogens with zero attached hydrogens (tertiary/aromatic N) is 4. The number of pyridine rings is 1. The zero-order chi connectivity index (χ0) is 15.5. The summed E-state index contributed by atoms with van der Waals surface area (Å²) in [4.78, 5) is 18.8. The zero-order valence-electron chi connectivity index (χ0n) is 12.0. The van der Waals surface area contributed by atoms with Crippen LogP contribution in [0.4, 0.5) is 0 Å². The van der Waals surface area contributed by atoms with Crippen LogP contribution in [0.5, 0.6) is 5.75 Å². The fraction of sp³-hybridized carbons (Fsp3) is 0.429. The van der Waals surface area contributed by atoms with E-state index in [9.17, 15) is 4.79 Å². The minimum atomic E-state index is -0.0706. The molecule has 1 aliphatic heterocycles. The van der Waals surface area contributed by atoms with Crippen molar-refractivity contribution in [3.05, 3.63) is 34.1 Å². The summed E-state index contributed by atoms with van der Waals surface area (Å²) < 4.78 is 9.74. The van der Waals surface area contributed by atoms with Gasteiger partial charge >= 0.3 is 0 Å². The van der Waals surface area contributed by atoms with Crippen molar-refractivity contribution in [1.82, 2.24) is 19.5 Å². The Morgan fingerprint density at radius 3 is 3.14 bits per heavy atom. The van der Waals surface area contributed by atoms with E-state index in [1.54, 1.807) is 30.3 Å². The Balaban J connectivity index is 1.68. The SMILES string of the molecule is Cc1nnsc1C(=O)N1CCC[C@@H](Oc2ccncc2Cl)C1. The number of aryl methyl sites for hydroxylation is 1. The first-order valence-corrected chi connectivity index (χ1v) is 8.14. The van der Waals surface area contributed by atoms with Crippen molar-refractivity contribution in [2.75, 3.05) is 13.1 Å². The highest BCUT2D eigenvalue weighted by Gasteiger charge is 2.28. The van der Waals surface area contributed by atoms with Gasteiger partial charge in [0.25, 0.3) is 5.91 Å². The largest absolute Gasteiger partial charge is 0.487 e. The summed E-state index contributed by atoms with van der Waals surface area (Å²) in [5, 5.41) is 4.38. The van der Waals surface area contributed by atoms with Crippen LogP contribution < -0.4 is 4.74 Å². The highest BCUT2D eigenvalue weighted by atomic mass is 35.5.